The first-order valence-electron chi connectivity index (χ1n) is 7.03. The lowest BCUT2D eigenvalue weighted by molar-refractivity contribution is -0.384. The number of non-ortho nitro benzene ring substituents is 1. The molecule has 2 unspecified atom stereocenters. The molecule has 0 spiro atoms. The summed E-state index contributed by atoms with van der Waals surface area (Å²) in [5.74, 6) is -0.899. The average Bonchev–Trinajstić information content (AvgIpc) is 2.60. The van der Waals surface area contributed by atoms with Gasteiger partial charge in [-0.2, -0.15) is 0 Å². The molecule has 2 rings (SSSR count). The number of nitro groups is 1. The van der Waals surface area contributed by atoms with E-state index in [4.69, 9.17) is 14.5 Å². The van der Waals surface area contributed by atoms with E-state index in [1.807, 2.05) is 0 Å². The highest BCUT2D eigenvalue weighted by atomic mass is 31.1. The van der Waals surface area contributed by atoms with Crippen molar-refractivity contribution in [3.63, 3.8) is 0 Å². The van der Waals surface area contributed by atoms with Gasteiger partial charge >= 0.3 is 14.1 Å². The zero-order valence-corrected chi connectivity index (χ0v) is 13.9. The van der Waals surface area contributed by atoms with Crippen LogP contribution in [0.3, 0.4) is 0 Å². The number of para-hydroxylation sites is 1. The number of nitro benzene ring substituents is 1. The molecule has 0 saturated carbocycles. The summed E-state index contributed by atoms with van der Waals surface area (Å²) in [6.07, 6.45) is 0. The lowest BCUT2D eigenvalue weighted by atomic mass is 10.3. The molecular formula is C15H14N2O7P+. The normalized spacial score (nSPS) is 12.3. The van der Waals surface area contributed by atoms with Crippen molar-refractivity contribution in [2.24, 2.45) is 0 Å². The maximum Gasteiger partial charge on any atom is 0.703 e. The summed E-state index contributed by atoms with van der Waals surface area (Å²) in [6.45, 7) is 1.29. The van der Waals surface area contributed by atoms with Crippen LogP contribution in [0.5, 0.6) is 11.5 Å². The Morgan fingerprint density at radius 2 is 1.76 bits per heavy atom. The number of hydrogen-bond acceptors (Lipinski definition) is 6. The molecule has 2 aromatic carbocycles. The van der Waals surface area contributed by atoms with Crippen LogP contribution in [0, 0.1) is 10.1 Å². The molecule has 0 aliphatic carbocycles. The van der Waals surface area contributed by atoms with Gasteiger partial charge in [0.05, 0.1) is 4.92 Å². The van der Waals surface area contributed by atoms with E-state index < -0.39 is 25.1 Å². The Hall–Kier alpha value is -3.03. The van der Waals surface area contributed by atoms with Gasteiger partial charge in [0.1, 0.15) is 4.83 Å². The van der Waals surface area contributed by atoms with Crippen molar-refractivity contribution < 1.29 is 28.8 Å². The second-order valence-electron chi connectivity index (χ2n) is 4.80. The summed E-state index contributed by atoms with van der Waals surface area (Å²) in [7, 11) is -2.73. The van der Waals surface area contributed by atoms with Crippen LogP contribution in [-0.2, 0) is 9.36 Å². The third-order valence-corrected chi connectivity index (χ3v) is 4.14. The molecule has 0 aromatic heterocycles. The van der Waals surface area contributed by atoms with Crippen molar-refractivity contribution in [2.75, 3.05) is 0 Å². The van der Waals surface area contributed by atoms with E-state index in [-0.39, 0.29) is 17.2 Å². The number of nitrogens with zero attached hydrogens (tertiary/aromatic N) is 2. The largest absolute Gasteiger partial charge is 0.703 e. The number of benzene rings is 2. The Bertz CT molecular complexity index is 767. The van der Waals surface area contributed by atoms with E-state index in [0.29, 0.717) is 4.83 Å². The molecule has 130 valence electrons. The lowest BCUT2D eigenvalue weighted by Gasteiger charge is -2.14. The molecule has 25 heavy (non-hydrogen) atoms. The molecular weight excluding hydrogens is 351 g/mol. The molecule has 0 aliphatic heterocycles. The predicted octanol–water partition coefficient (Wildman–Crippen LogP) is 3.40. The molecule has 1 N–H and O–H groups in total. The summed E-state index contributed by atoms with van der Waals surface area (Å²) in [4.78, 5) is 27.4. The van der Waals surface area contributed by atoms with Crippen LogP contribution < -0.4 is 9.36 Å². The molecule has 0 bridgehead atoms. The Balaban J connectivity index is 2.16. The first-order valence-corrected chi connectivity index (χ1v) is 8.16. The highest BCUT2D eigenvalue weighted by Crippen LogP contribution is 2.34. The second-order valence-corrected chi connectivity index (χ2v) is 5.85. The third-order valence-electron chi connectivity index (χ3n) is 3.02. The maximum atomic E-state index is 12.4. The number of hydrogen-bond donors (Lipinski definition) is 1. The Morgan fingerprint density at radius 3 is 2.28 bits per heavy atom. The molecule has 0 heterocycles. The zero-order valence-electron chi connectivity index (χ0n) is 13.0. The minimum atomic E-state index is -2.73. The highest BCUT2D eigenvalue weighted by Gasteiger charge is 2.43. The van der Waals surface area contributed by atoms with Gasteiger partial charge in [0.15, 0.2) is 17.5 Å². The number of rotatable bonds is 8. The quantitative estimate of drug-likeness (QED) is 0.429. The monoisotopic (exact) mass is 365 g/mol. The zero-order chi connectivity index (χ0) is 18.4. The van der Waals surface area contributed by atoms with Gasteiger partial charge < -0.3 is 9.94 Å². The number of carboxylic acids is 1. The summed E-state index contributed by atoms with van der Waals surface area (Å²) >= 11 is 0. The fourth-order valence-corrected chi connectivity index (χ4v) is 2.62. The fourth-order valence-electron chi connectivity index (χ4n) is 1.70. The molecule has 2 atom stereocenters. The van der Waals surface area contributed by atoms with E-state index in [2.05, 4.69) is 0 Å². The summed E-state index contributed by atoms with van der Waals surface area (Å²) in [5, 5.41) is 19.8. The molecule has 9 nitrogen and oxygen atoms in total. The van der Waals surface area contributed by atoms with Crippen LogP contribution in [0.1, 0.15) is 6.92 Å². The van der Waals surface area contributed by atoms with Crippen molar-refractivity contribution in [3.8, 4) is 11.5 Å². The first-order chi connectivity index (χ1) is 11.9. The van der Waals surface area contributed by atoms with E-state index >= 15 is 0 Å². The van der Waals surface area contributed by atoms with E-state index in [9.17, 15) is 19.5 Å². The van der Waals surface area contributed by atoms with Gasteiger partial charge in [-0.15, -0.1) is 0 Å². The summed E-state index contributed by atoms with van der Waals surface area (Å²) in [5.41, 5.74) is -0.154. The molecule has 0 aliphatic rings. The van der Waals surface area contributed by atoms with Gasteiger partial charge in [0, 0.05) is 16.7 Å². The number of carboxylic acid groups (broad SMARTS) is 1. The molecule has 0 radical (unpaired) electrons. The highest BCUT2D eigenvalue weighted by molar-refractivity contribution is 7.36. The van der Waals surface area contributed by atoms with Crippen molar-refractivity contribution in [2.45, 2.75) is 13.0 Å². The van der Waals surface area contributed by atoms with Gasteiger partial charge in [-0.1, -0.05) is 18.2 Å². The average molecular weight is 365 g/mol. The van der Waals surface area contributed by atoms with Gasteiger partial charge in [-0.25, -0.2) is 4.52 Å². The van der Waals surface area contributed by atoms with Crippen molar-refractivity contribution in [3.05, 3.63) is 64.7 Å². The van der Waals surface area contributed by atoms with Crippen LogP contribution in [0.25, 0.3) is 0 Å². The predicted molar refractivity (Wildman–Crippen MR) is 87.3 cm³/mol. The summed E-state index contributed by atoms with van der Waals surface area (Å²) in [6, 6.07) is 11.8. The molecule has 0 fully saturated rings. The minimum absolute atomic E-state index is 0.0750. The van der Waals surface area contributed by atoms with Crippen LogP contribution in [0.2, 0.25) is 0 Å². The van der Waals surface area contributed by atoms with Crippen LogP contribution in [0.15, 0.2) is 54.6 Å². The fraction of sp³-hybridized carbons (Fsp3) is 0.133. The molecule has 0 amide bonds. The van der Waals surface area contributed by atoms with Gasteiger partial charge in [0.2, 0.25) is 0 Å². The van der Waals surface area contributed by atoms with Crippen LogP contribution >= 0.6 is 8.18 Å². The maximum absolute atomic E-state index is 12.4. The standard InChI is InChI=1S/C15H13N2O7P/c1-11(15(18)19)17(23-13-5-3-2-4-6-13)25(22)24-14-9-7-12(8-10-14)16(20)21/h2-11H,1H3/p+1. The minimum Gasteiger partial charge on any atom is -0.480 e. The number of aliphatic carboxylic acids is 1. The van der Waals surface area contributed by atoms with Gasteiger partial charge in [0.25, 0.3) is 5.69 Å². The van der Waals surface area contributed by atoms with Crippen LogP contribution in [-0.4, -0.2) is 26.9 Å². The van der Waals surface area contributed by atoms with Gasteiger partial charge in [-0.3, -0.25) is 14.9 Å². The van der Waals surface area contributed by atoms with Crippen molar-refractivity contribution in [1.82, 2.24) is 4.83 Å². The van der Waals surface area contributed by atoms with E-state index in [0.717, 1.165) is 0 Å². The number of hydroxylamine groups is 1. The summed E-state index contributed by atoms with van der Waals surface area (Å²) < 4.78 is 17.6. The topological polar surface area (TPSA) is 119 Å². The number of carbonyl (C=O) groups is 1. The van der Waals surface area contributed by atoms with E-state index in [1.54, 1.807) is 30.3 Å². The van der Waals surface area contributed by atoms with Crippen LogP contribution in [0.4, 0.5) is 5.69 Å². The first kappa shape index (κ1) is 18.3. The third kappa shape index (κ3) is 4.97. The Labute approximate surface area is 143 Å². The molecule has 10 heteroatoms. The van der Waals surface area contributed by atoms with Crippen molar-refractivity contribution in [1.29, 1.82) is 0 Å². The SMILES string of the molecule is CC(C(=O)O)N(Oc1ccccc1)[P+](=O)Oc1ccc([N+](=O)[O-])cc1. The molecule has 2 aromatic rings. The Kier molecular flexibility index (Phi) is 5.99. The van der Waals surface area contributed by atoms with Crippen molar-refractivity contribution >= 4 is 19.8 Å². The van der Waals surface area contributed by atoms with E-state index in [1.165, 1.54) is 31.2 Å². The smallest absolute Gasteiger partial charge is 0.480 e. The van der Waals surface area contributed by atoms with Gasteiger partial charge in [-0.05, 0) is 31.2 Å². The second kappa shape index (κ2) is 8.18. The molecule has 0 saturated heterocycles. The lowest BCUT2D eigenvalue weighted by Crippen LogP contribution is -2.37. The Morgan fingerprint density at radius 1 is 1.16 bits per heavy atom.